The molecule has 0 radical (unpaired) electrons. The molecule has 0 nitrogen and oxygen atoms in total. The van der Waals surface area contributed by atoms with Crippen LogP contribution in [-0.4, -0.2) is 0 Å². The molecule has 0 N–H and O–H groups in total. The van der Waals surface area contributed by atoms with Crippen molar-refractivity contribution in [3.63, 3.8) is 0 Å². The highest BCUT2D eigenvalue weighted by Gasteiger charge is 2.28. The fourth-order valence-electron chi connectivity index (χ4n) is 1.68. The van der Waals surface area contributed by atoms with E-state index in [1.807, 2.05) is 0 Å². The maximum absolute atomic E-state index is 13.7. The predicted molar refractivity (Wildman–Crippen MR) is 56.4 cm³/mol. The zero-order chi connectivity index (χ0) is 14.3. The molecular weight excluding hydrogens is 270 g/mol. The first-order chi connectivity index (χ1) is 8.86. The molecule has 0 spiro atoms. The molecule has 2 aromatic rings. The number of halogens is 6. The van der Waals surface area contributed by atoms with Crippen LogP contribution in [0, 0.1) is 41.8 Å². The third-order valence-corrected chi connectivity index (χ3v) is 2.67. The van der Waals surface area contributed by atoms with E-state index in [-0.39, 0.29) is 5.56 Å². The molecule has 0 heterocycles. The number of hydrogen-bond acceptors (Lipinski definition) is 0. The highest BCUT2D eigenvalue weighted by molar-refractivity contribution is 5.66. The van der Waals surface area contributed by atoms with Crippen LogP contribution in [0.25, 0.3) is 11.1 Å². The van der Waals surface area contributed by atoms with Crippen molar-refractivity contribution in [1.29, 1.82) is 0 Å². The van der Waals surface area contributed by atoms with Crippen molar-refractivity contribution in [3.8, 4) is 11.1 Å². The average Bonchev–Trinajstić information content (AvgIpc) is 2.39. The second-order valence-corrected chi connectivity index (χ2v) is 3.88. The summed E-state index contributed by atoms with van der Waals surface area (Å²) in [6.45, 7) is 1.31. The van der Waals surface area contributed by atoms with E-state index in [4.69, 9.17) is 0 Å². The molecule has 0 bridgehead atoms. The Balaban J connectivity index is 2.87. The van der Waals surface area contributed by atoms with Gasteiger partial charge in [-0.15, -0.1) is 0 Å². The zero-order valence-corrected chi connectivity index (χ0v) is 9.50. The Kier molecular flexibility index (Phi) is 3.26. The van der Waals surface area contributed by atoms with Crippen LogP contribution in [0.4, 0.5) is 26.3 Å². The first-order valence-corrected chi connectivity index (χ1v) is 5.13. The summed E-state index contributed by atoms with van der Waals surface area (Å²) in [6.07, 6.45) is 0. The molecule has 0 atom stereocenters. The lowest BCUT2D eigenvalue weighted by atomic mass is 10.0. The van der Waals surface area contributed by atoms with Crippen LogP contribution in [0.1, 0.15) is 5.56 Å². The van der Waals surface area contributed by atoms with Gasteiger partial charge in [-0.05, 0) is 12.5 Å². The average molecular weight is 276 g/mol. The SMILES string of the molecule is Cc1cccc(-c2c(F)c(F)c(F)c(F)c2F)c1F. The van der Waals surface area contributed by atoms with Gasteiger partial charge < -0.3 is 0 Å². The van der Waals surface area contributed by atoms with Gasteiger partial charge >= 0.3 is 0 Å². The van der Waals surface area contributed by atoms with E-state index in [9.17, 15) is 26.3 Å². The predicted octanol–water partition coefficient (Wildman–Crippen LogP) is 4.50. The lowest BCUT2D eigenvalue weighted by Gasteiger charge is -2.10. The van der Waals surface area contributed by atoms with Gasteiger partial charge in [-0.3, -0.25) is 0 Å². The van der Waals surface area contributed by atoms with Gasteiger partial charge in [0.25, 0.3) is 0 Å². The van der Waals surface area contributed by atoms with E-state index >= 15 is 0 Å². The molecule has 19 heavy (non-hydrogen) atoms. The maximum atomic E-state index is 13.7. The molecule has 0 fully saturated rings. The van der Waals surface area contributed by atoms with Crippen molar-refractivity contribution in [2.75, 3.05) is 0 Å². The summed E-state index contributed by atoms with van der Waals surface area (Å²) >= 11 is 0. The molecule has 0 aromatic heterocycles. The topological polar surface area (TPSA) is 0 Å². The number of benzene rings is 2. The molecule has 2 aromatic carbocycles. The van der Waals surface area contributed by atoms with Gasteiger partial charge in [-0.25, -0.2) is 26.3 Å². The van der Waals surface area contributed by atoms with Crippen molar-refractivity contribution in [3.05, 3.63) is 58.7 Å². The highest BCUT2D eigenvalue weighted by Crippen LogP contribution is 2.33. The molecule has 6 heteroatoms. The molecule has 0 unspecified atom stereocenters. The van der Waals surface area contributed by atoms with Gasteiger partial charge in [0, 0.05) is 5.56 Å². The number of rotatable bonds is 1. The molecule has 2 rings (SSSR count). The van der Waals surface area contributed by atoms with Crippen LogP contribution < -0.4 is 0 Å². The van der Waals surface area contributed by atoms with Gasteiger partial charge in [-0.2, -0.15) is 0 Å². The third kappa shape index (κ3) is 1.97. The second-order valence-electron chi connectivity index (χ2n) is 3.88. The van der Waals surface area contributed by atoms with E-state index in [2.05, 4.69) is 0 Å². The number of hydrogen-bond donors (Lipinski definition) is 0. The summed E-state index contributed by atoms with van der Waals surface area (Å²) in [4.78, 5) is 0. The van der Waals surface area contributed by atoms with Crippen LogP contribution in [-0.2, 0) is 0 Å². The number of aryl methyl sites for hydroxylation is 1. The Morgan fingerprint density at radius 2 is 1.11 bits per heavy atom. The Morgan fingerprint density at radius 3 is 1.63 bits per heavy atom. The van der Waals surface area contributed by atoms with Crippen LogP contribution in [0.3, 0.4) is 0 Å². The van der Waals surface area contributed by atoms with E-state index in [1.165, 1.54) is 19.1 Å². The zero-order valence-electron chi connectivity index (χ0n) is 9.50. The summed E-state index contributed by atoms with van der Waals surface area (Å²) in [5.41, 5.74) is -1.91. The van der Waals surface area contributed by atoms with E-state index in [0.29, 0.717) is 0 Å². The van der Waals surface area contributed by atoms with Crippen LogP contribution in [0.2, 0.25) is 0 Å². The molecular formula is C13H6F6. The Hall–Kier alpha value is -1.98. The first-order valence-electron chi connectivity index (χ1n) is 5.13. The summed E-state index contributed by atoms with van der Waals surface area (Å²) in [5, 5.41) is 0. The lowest BCUT2D eigenvalue weighted by Crippen LogP contribution is -2.05. The minimum atomic E-state index is -2.27. The summed E-state index contributed by atoms with van der Waals surface area (Å²) in [6, 6.07) is 3.51. The van der Waals surface area contributed by atoms with Crippen LogP contribution in [0.15, 0.2) is 18.2 Å². The van der Waals surface area contributed by atoms with Crippen molar-refractivity contribution < 1.29 is 26.3 Å². The Bertz CT molecular complexity index is 634. The van der Waals surface area contributed by atoms with Crippen molar-refractivity contribution in [2.45, 2.75) is 6.92 Å². The first kappa shape index (κ1) is 13.5. The monoisotopic (exact) mass is 276 g/mol. The van der Waals surface area contributed by atoms with Gasteiger partial charge in [0.15, 0.2) is 23.3 Å². The van der Waals surface area contributed by atoms with Crippen molar-refractivity contribution in [1.82, 2.24) is 0 Å². The Morgan fingerprint density at radius 1 is 0.632 bits per heavy atom. The van der Waals surface area contributed by atoms with E-state index < -0.39 is 46.0 Å². The second kappa shape index (κ2) is 4.60. The lowest BCUT2D eigenvalue weighted by molar-refractivity contribution is 0.381. The molecule has 0 amide bonds. The Labute approximate surface area is 104 Å². The smallest absolute Gasteiger partial charge is 0.200 e. The summed E-state index contributed by atoms with van der Waals surface area (Å²) < 4.78 is 79.7. The fourth-order valence-corrected chi connectivity index (χ4v) is 1.68. The standard InChI is InChI=1S/C13H6F6/c1-5-3-2-4-6(8(5)14)7-9(15)11(17)13(19)12(18)10(7)16/h2-4H,1H3. The largest absolute Gasteiger partial charge is 0.206 e. The summed E-state index contributed by atoms with van der Waals surface area (Å²) in [7, 11) is 0. The fraction of sp³-hybridized carbons (Fsp3) is 0.0769. The van der Waals surface area contributed by atoms with E-state index in [0.717, 1.165) is 6.07 Å². The van der Waals surface area contributed by atoms with Crippen molar-refractivity contribution in [2.24, 2.45) is 0 Å². The summed E-state index contributed by atoms with van der Waals surface area (Å²) in [5.74, 6) is -11.6. The molecule has 0 aliphatic carbocycles. The highest BCUT2D eigenvalue weighted by atomic mass is 19.2. The molecule has 0 aliphatic heterocycles. The van der Waals surface area contributed by atoms with Crippen LogP contribution in [0.5, 0.6) is 0 Å². The van der Waals surface area contributed by atoms with Gasteiger partial charge in [0.2, 0.25) is 5.82 Å². The van der Waals surface area contributed by atoms with E-state index in [1.54, 1.807) is 0 Å². The molecule has 0 aliphatic rings. The molecule has 0 saturated heterocycles. The van der Waals surface area contributed by atoms with Crippen LogP contribution >= 0.6 is 0 Å². The molecule has 0 saturated carbocycles. The molecule has 100 valence electrons. The maximum Gasteiger partial charge on any atom is 0.200 e. The van der Waals surface area contributed by atoms with Crippen molar-refractivity contribution >= 4 is 0 Å². The normalized spacial score (nSPS) is 10.9. The van der Waals surface area contributed by atoms with Gasteiger partial charge in [0.05, 0.1) is 5.56 Å². The quantitative estimate of drug-likeness (QED) is 0.409. The minimum Gasteiger partial charge on any atom is -0.206 e. The third-order valence-electron chi connectivity index (χ3n) is 2.67. The minimum absolute atomic E-state index is 0.0291. The van der Waals surface area contributed by atoms with Gasteiger partial charge in [0.1, 0.15) is 5.82 Å². The van der Waals surface area contributed by atoms with Gasteiger partial charge in [-0.1, -0.05) is 18.2 Å².